The number of thiazole rings is 1. The largest absolute Gasteiger partial charge is 0.310 e. The fraction of sp³-hybridized carbons (Fsp3) is 0.200. The molecule has 0 aliphatic carbocycles. The summed E-state index contributed by atoms with van der Waals surface area (Å²) >= 11 is 4.79. The highest BCUT2D eigenvalue weighted by Gasteiger charge is 2.21. The van der Waals surface area contributed by atoms with Crippen LogP contribution in [0.4, 0.5) is 0 Å². The summed E-state index contributed by atoms with van der Waals surface area (Å²) in [4.78, 5) is 13.6. The standard InChI is InChI=1S/C25H20BrN5OS/c26-18-9-7-8-17(14-18)15-21-24(32)31(19-10-3-1-4-11-19)25(33-21)20(16-27)23-29-28-22-12-5-2-6-13-30(22)23/h1,3-4,7-11,14-15H,2,5-6,12-13H2. The van der Waals surface area contributed by atoms with E-state index < -0.39 is 0 Å². The molecule has 0 unspecified atom stereocenters. The number of hydrogen-bond donors (Lipinski definition) is 0. The van der Waals surface area contributed by atoms with Crippen LogP contribution in [0.25, 0.3) is 17.3 Å². The van der Waals surface area contributed by atoms with Crippen molar-refractivity contribution in [3.8, 4) is 11.8 Å². The van der Waals surface area contributed by atoms with Gasteiger partial charge in [-0.15, -0.1) is 21.5 Å². The van der Waals surface area contributed by atoms with Gasteiger partial charge in [-0.25, -0.2) is 0 Å². The van der Waals surface area contributed by atoms with E-state index >= 15 is 0 Å². The maximum absolute atomic E-state index is 13.6. The number of aryl methyl sites for hydroxylation is 1. The van der Waals surface area contributed by atoms with Crippen LogP contribution in [0.2, 0.25) is 0 Å². The van der Waals surface area contributed by atoms with Crippen molar-refractivity contribution >= 4 is 38.9 Å². The Hall–Kier alpha value is -3.28. The van der Waals surface area contributed by atoms with Crippen LogP contribution in [0.5, 0.6) is 0 Å². The van der Waals surface area contributed by atoms with Gasteiger partial charge in [0.15, 0.2) is 5.82 Å². The van der Waals surface area contributed by atoms with Gasteiger partial charge >= 0.3 is 0 Å². The topological polar surface area (TPSA) is 76.5 Å². The van der Waals surface area contributed by atoms with Crippen LogP contribution in [-0.4, -0.2) is 19.3 Å². The molecule has 1 aliphatic rings. The quantitative estimate of drug-likeness (QED) is 0.416. The van der Waals surface area contributed by atoms with Crippen LogP contribution >= 0.6 is 27.3 Å². The second-order valence-corrected chi connectivity index (χ2v) is 9.78. The molecule has 2 aromatic carbocycles. The van der Waals surface area contributed by atoms with Crippen molar-refractivity contribution in [2.45, 2.75) is 32.2 Å². The average molecular weight is 518 g/mol. The summed E-state index contributed by atoms with van der Waals surface area (Å²) in [5.74, 6) is 1.44. The SMILES string of the molecule is N#CC(c1nnc2n1CCCCC2)=c1sc(=Cc2cccc(Br)c2)c(=O)n1-c1ccccc1. The summed E-state index contributed by atoms with van der Waals surface area (Å²) in [6, 6.07) is 19.5. The van der Waals surface area contributed by atoms with Gasteiger partial charge in [-0.1, -0.05) is 52.7 Å². The first-order chi connectivity index (χ1) is 16.2. The lowest BCUT2D eigenvalue weighted by Crippen LogP contribution is -2.31. The first kappa shape index (κ1) is 21.6. The maximum atomic E-state index is 13.6. The maximum Gasteiger partial charge on any atom is 0.273 e. The van der Waals surface area contributed by atoms with Crippen LogP contribution < -0.4 is 14.8 Å². The van der Waals surface area contributed by atoms with Gasteiger partial charge in [0, 0.05) is 17.4 Å². The van der Waals surface area contributed by atoms with E-state index in [1.807, 2.05) is 65.2 Å². The minimum absolute atomic E-state index is 0.162. The zero-order valence-corrected chi connectivity index (χ0v) is 20.1. The highest BCUT2D eigenvalue weighted by Crippen LogP contribution is 2.18. The van der Waals surface area contributed by atoms with Gasteiger partial charge in [0.05, 0.1) is 10.2 Å². The molecular formula is C25H20BrN5OS. The third-order valence-corrected chi connectivity index (χ3v) is 7.23. The average Bonchev–Trinajstić information content (AvgIpc) is 3.26. The van der Waals surface area contributed by atoms with Gasteiger partial charge in [0.2, 0.25) is 0 Å². The Balaban J connectivity index is 1.83. The molecule has 5 rings (SSSR count). The fourth-order valence-corrected chi connectivity index (χ4v) is 5.59. The molecule has 0 N–H and O–H groups in total. The molecule has 0 amide bonds. The summed E-state index contributed by atoms with van der Waals surface area (Å²) in [6.45, 7) is 0.779. The third kappa shape index (κ3) is 4.22. The van der Waals surface area contributed by atoms with Crippen LogP contribution in [0.15, 0.2) is 63.9 Å². The van der Waals surface area contributed by atoms with E-state index in [1.165, 1.54) is 11.3 Å². The third-order valence-electron chi connectivity index (χ3n) is 5.64. The van der Waals surface area contributed by atoms with Crippen LogP contribution in [0.1, 0.15) is 36.5 Å². The molecule has 0 radical (unpaired) electrons. The number of aromatic nitrogens is 4. The van der Waals surface area contributed by atoms with Crippen LogP contribution in [-0.2, 0) is 13.0 Å². The zero-order chi connectivity index (χ0) is 22.8. The number of benzene rings is 2. The molecule has 6 nitrogen and oxygen atoms in total. The van der Waals surface area contributed by atoms with E-state index in [1.54, 1.807) is 4.57 Å². The lowest BCUT2D eigenvalue weighted by Gasteiger charge is -2.07. The number of nitriles is 1. The molecule has 33 heavy (non-hydrogen) atoms. The second kappa shape index (κ2) is 9.30. The predicted molar refractivity (Wildman–Crippen MR) is 133 cm³/mol. The first-order valence-electron chi connectivity index (χ1n) is 10.8. The van der Waals surface area contributed by atoms with E-state index in [0.717, 1.165) is 48.1 Å². The van der Waals surface area contributed by atoms with Crippen molar-refractivity contribution in [1.82, 2.24) is 19.3 Å². The Kier molecular flexibility index (Phi) is 6.07. The fourth-order valence-electron chi connectivity index (χ4n) is 4.07. The van der Waals surface area contributed by atoms with E-state index in [2.05, 4.69) is 32.2 Å². The molecule has 2 aromatic heterocycles. The van der Waals surface area contributed by atoms with Gasteiger partial charge in [0.25, 0.3) is 5.56 Å². The van der Waals surface area contributed by atoms with Crippen molar-refractivity contribution in [3.63, 3.8) is 0 Å². The predicted octanol–water partition coefficient (Wildman–Crippen LogP) is 3.53. The Morgan fingerprint density at radius 3 is 2.73 bits per heavy atom. The number of para-hydroxylation sites is 1. The monoisotopic (exact) mass is 517 g/mol. The molecule has 0 saturated carbocycles. The summed E-state index contributed by atoms with van der Waals surface area (Å²) in [7, 11) is 0. The summed E-state index contributed by atoms with van der Waals surface area (Å²) in [5, 5.41) is 19.0. The highest BCUT2D eigenvalue weighted by molar-refractivity contribution is 9.10. The van der Waals surface area contributed by atoms with Crippen LogP contribution in [0.3, 0.4) is 0 Å². The summed E-state index contributed by atoms with van der Waals surface area (Å²) in [5.41, 5.74) is 1.83. The molecule has 0 fully saturated rings. The van der Waals surface area contributed by atoms with Gasteiger partial charge in [-0.3, -0.25) is 9.36 Å². The molecule has 164 valence electrons. The van der Waals surface area contributed by atoms with Crippen molar-refractivity contribution in [2.75, 3.05) is 0 Å². The van der Waals surface area contributed by atoms with Gasteiger partial charge in [-0.05, 0) is 48.7 Å². The van der Waals surface area contributed by atoms with E-state index in [9.17, 15) is 10.1 Å². The number of hydrogen-bond acceptors (Lipinski definition) is 5. The molecule has 8 heteroatoms. The zero-order valence-electron chi connectivity index (χ0n) is 17.7. The van der Waals surface area contributed by atoms with Crippen molar-refractivity contribution in [1.29, 1.82) is 5.26 Å². The molecule has 4 aromatic rings. The lowest BCUT2D eigenvalue weighted by molar-refractivity contribution is 0.627. The molecule has 1 aliphatic heterocycles. The Morgan fingerprint density at radius 1 is 1.09 bits per heavy atom. The smallest absolute Gasteiger partial charge is 0.273 e. The number of fused-ring (bicyclic) bond motifs is 1. The van der Waals surface area contributed by atoms with Gasteiger partial charge in [0.1, 0.15) is 22.1 Å². The Morgan fingerprint density at radius 2 is 1.94 bits per heavy atom. The highest BCUT2D eigenvalue weighted by atomic mass is 79.9. The minimum Gasteiger partial charge on any atom is -0.310 e. The lowest BCUT2D eigenvalue weighted by atomic mass is 10.2. The Labute approximate surface area is 202 Å². The van der Waals surface area contributed by atoms with Gasteiger partial charge < -0.3 is 4.57 Å². The van der Waals surface area contributed by atoms with E-state index in [0.29, 0.717) is 26.3 Å². The summed E-state index contributed by atoms with van der Waals surface area (Å²) < 4.78 is 5.71. The van der Waals surface area contributed by atoms with E-state index in [4.69, 9.17) is 0 Å². The van der Waals surface area contributed by atoms with Crippen molar-refractivity contribution in [2.24, 2.45) is 0 Å². The first-order valence-corrected chi connectivity index (χ1v) is 12.4. The number of halogens is 1. The number of nitrogens with zero attached hydrogens (tertiary/aromatic N) is 5. The number of rotatable bonds is 3. The minimum atomic E-state index is -0.162. The molecule has 0 spiro atoms. The molecule has 3 heterocycles. The normalized spacial score (nSPS) is 15.0. The Bertz CT molecular complexity index is 1540. The van der Waals surface area contributed by atoms with Crippen molar-refractivity contribution < 1.29 is 0 Å². The van der Waals surface area contributed by atoms with E-state index in [-0.39, 0.29) is 5.56 Å². The summed E-state index contributed by atoms with van der Waals surface area (Å²) in [6.07, 6.45) is 5.93. The molecule has 0 saturated heterocycles. The van der Waals surface area contributed by atoms with Crippen LogP contribution in [0, 0.1) is 11.3 Å². The van der Waals surface area contributed by atoms with Gasteiger partial charge in [-0.2, -0.15) is 5.26 Å². The molecular weight excluding hydrogens is 498 g/mol. The molecule has 0 bridgehead atoms. The van der Waals surface area contributed by atoms with Crippen molar-refractivity contribution in [3.05, 3.63) is 95.8 Å². The second-order valence-electron chi connectivity index (χ2n) is 7.84. The molecule has 0 atom stereocenters.